The molecule has 5 heteroatoms. The molecule has 3 aliphatic rings. The van der Waals surface area contributed by atoms with Crippen LogP contribution in [0.4, 0.5) is 0 Å². The number of hydrogen-bond donors (Lipinski definition) is 1. The highest BCUT2D eigenvalue weighted by Gasteiger charge is 2.44. The monoisotopic (exact) mass is 320 g/mol. The molecule has 4 rings (SSSR count). The molecule has 0 spiro atoms. The first-order valence-electron chi connectivity index (χ1n) is 8.46. The molecular weight excluding hydrogens is 296 g/mol. The minimum atomic E-state index is 0.120. The molecular formula is C17H24N2O2S. The van der Waals surface area contributed by atoms with Gasteiger partial charge < -0.3 is 10.1 Å². The van der Waals surface area contributed by atoms with E-state index in [0.717, 1.165) is 19.0 Å². The Hall–Kier alpha value is -0.910. The molecule has 3 atom stereocenters. The van der Waals surface area contributed by atoms with Crippen LogP contribution in [0.2, 0.25) is 0 Å². The van der Waals surface area contributed by atoms with E-state index in [1.54, 1.807) is 11.3 Å². The normalized spacial score (nSPS) is 31.9. The van der Waals surface area contributed by atoms with E-state index in [-0.39, 0.29) is 12.0 Å². The number of nitrogens with zero attached hydrogens (tertiary/aromatic N) is 1. The van der Waals surface area contributed by atoms with Crippen LogP contribution in [0.1, 0.15) is 37.0 Å². The van der Waals surface area contributed by atoms with E-state index < -0.39 is 0 Å². The second-order valence-electron chi connectivity index (χ2n) is 6.89. The number of nitrogens with one attached hydrogen (secondary N) is 1. The minimum Gasteiger partial charge on any atom is -0.373 e. The summed E-state index contributed by atoms with van der Waals surface area (Å²) in [5.41, 5.74) is 0. The topological polar surface area (TPSA) is 41.6 Å². The van der Waals surface area contributed by atoms with Crippen LogP contribution < -0.4 is 5.32 Å². The Bertz CT molecular complexity index is 501. The van der Waals surface area contributed by atoms with E-state index in [0.29, 0.717) is 25.0 Å². The molecule has 0 radical (unpaired) electrons. The van der Waals surface area contributed by atoms with Crippen LogP contribution in [0.5, 0.6) is 0 Å². The summed E-state index contributed by atoms with van der Waals surface area (Å²) >= 11 is 1.68. The molecule has 3 heterocycles. The fourth-order valence-electron chi connectivity index (χ4n) is 3.95. The molecule has 4 nitrogen and oxygen atoms in total. The SMILES string of the molecule is O=C(C[C@@H]1C[C@H]2CN(C3CCC3)C[C@H]2O1)NCc1cccs1. The largest absolute Gasteiger partial charge is 0.373 e. The van der Waals surface area contributed by atoms with Crippen molar-refractivity contribution in [1.82, 2.24) is 10.2 Å². The van der Waals surface area contributed by atoms with Gasteiger partial charge >= 0.3 is 0 Å². The van der Waals surface area contributed by atoms with Gasteiger partial charge in [-0.15, -0.1) is 11.3 Å². The summed E-state index contributed by atoms with van der Waals surface area (Å²) in [6.45, 7) is 2.91. The van der Waals surface area contributed by atoms with Gasteiger partial charge in [0.05, 0.1) is 25.2 Å². The van der Waals surface area contributed by atoms with E-state index in [1.807, 2.05) is 11.4 Å². The lowest BCUT2D eigenvalue weighted by Gasteiger charge is -2.35. The average Bonchev–Trinajstić information content (AvgIpc) is 3.10. The Labute approximate surface area is 135 Å². The fraction of sp³-hybridized carbons (Fsp3) is 0.706. The first-order chi connectivity index (χ1) is 10.8. The molecule has 1 amide bonds. The summed E-state index contributed by atoms with van der Waals surface area (Å²) in [5.74, 6) is 0.768. The van der Waals surface area contributed by atoms with Crippen molar-refractivity contribution in [2.45, 2.75) is 56.9 Å². The highest BCUT2D eigenvalue weighted by atomic mass is 32.1. The molecule has 0 aromatic carbocycles. The Morgan fingerprint density at radius 1 is 1.41 bits per heavy atom. The Morgan fingerprint density at radius 3 is 3.00 bits per heavy atom. The molecule has 3 fully saturated rings. The van der Waals surface area contributed by atoms with Crippen molar-refractivity contribution in [3.63, 3.8) is 0 Å². The summed E-state index contributed by atoms with van der Waals surface area (Å²) in [7, 11) is 0. The summed E-state index contributed by atoms with van der Waals surface area (Å²) in [6, 6.07) is 4.89. The maximum absolute atomic E-state index is 12.0. The third-order valence-corrected chi connectivity index (χ3v) is 6.26. The highest BCUT2D eigenvalue weighted by Crippen LogP contribution is 2.38. The zero-order valence-corrected chi connectivity index (χ0v) is 13.7. The van der Waals surface area contributed by atoms with E-state index in [1.165, 1.54) is 30.7 Å². The summed E-state index contributed by atoms with van der Waals surface area (Å²) in [5, 5.41) is 5.04. The number of likely N-dealkylation sites (tertiary alicyclic amines) is 1. The van der Waals surface area contributed by atoms with E-state index in [2.05, 4.69) is 16.3 Å². The van der Waals surface area contributed by atoms with Crippen molar-refractivity contribution < 1.29 is 9.53 Å². The molecule has 1 aliphatic carbocycles. The van der Waals surface area contributed by atoms with Gasteiger partial charge in [-0.05, 0) is 30.7 Å². The fourth-order valence-corrected chi connectivity index (χ4v) is 4.60. The second kappa shape index (κ2) is 6.30. The van der Waals surface area contributed by atoms with Crippen molar-refractivity contribution in [1.29, 1.82) is 0 Å². The molecule has 22 heavy (non-hydrogen) atoms. The van der Waals surface area contributed by atoms with Gasteiger partial charge in [-0.2, -0.15) is 0 Å². The van der Waals surface area contributed by atoms with E-state index >= 15 is 0 Å². The maximum atomic E-state index is 12.0. The number of amides is 1. The molecule has 2 saturated heterocycles. The maximum Gasteiger partial charge on any atom is 0.222 e. The van der Waals surface area contributed by atoms with Gasteiger partial charge in [-0.3, -0.25) is 9.69 Å². The first-order valence-corrected chi connectivity index (χ1v) is 9.34. The zero-order chi connectivity index (χ0) is 14.9. The Kier molecular flexibility index (Phi) is 4.20. The van der Waals surface area contributed by atoms with Gasteiger partial charge in [-0.25, -0.2) is 0 Å². The zero-order valence-electron chi connectivity index (χ0n) is 12.9. The van der Waals surface area contributed by atoms with Crippen LogP contribution in [0.3, 0.4) is 0 Å². The van der Waals surface area contributed by atoms with Crippen molar-refractivity contribution in [3.8, 4) is 0 Å². The Morgan fingerprint density at radius 2 is 2.32 bits per heavy atom. The molecule has 1 saturated carbocycles. The van der Waals surface area contributed by atoms with Gasteiger partial charge in [0.15, 0.2) is 0 Å². The molecule has 120 valence electrons. The van der Waals surface area contributed by atoms with Gasteiger partial charge in [0.1, 0.15) is 0 Å². The van der Waals surface area contributed by atoms with Gasteiger partial charge in [0, 0.05) is 29.9 Å². The smallest absolute Gasteiger partial charge is 0.222 e. The lowest BCUT2D eigenvalue weighted by Crippen LogP contribution is -2.40. The van der Waals surface area contributed by atoms with Crippen molar-refractivity contribution in [2.75, 3.05) is 13.1 Å². The van der Waals surface area contributed by atoms with Crippen molar-refractivity contribution >= 4 is 17.2 Å². The van der Waals surface area contributed by atoms with Crippen LogP contribution in [0, 0.1) is 5.92 Å². The molecule has 1 aromatic heterocycles. The third kappa shape index (κ3) is 3.07. The summed E-state index contributed by atoms with van der Waals surface area (Å²) < 4.78 is 6.14. The lowest BCUT2D eigenvalue weighted by molar-refractivity contribution is -0.124. The van der Waals surface area contributed by atoms with Crippen LogP contribution in [0.25, 0.3) is 0 Å². The van der Waals surface area contributed by atoms with E-state index in [4.69, 9.17) is 4.74 Å². The average molecular weight is 320 g/mol. The molecule has 1 N–H and O–H groups in total. The predicted octanol–water partition coefficient (Wildman–Crippen LogP) is 2.40. The van der Waals surface area contributed by atoms with Crippen molar-refractivity contribution in [3.05, 3.63) is 22.4 Å². The van der Waals surface area contributed by atoms with E-state index in [9.17, 15) is 4.79 Å². The number of hydrogen-bond acceptors (Lipinski definition) is 4. The second-order valence-corrected chi connectivity index (χ2v) is 7.92. The molecule has 0 bridgehead atoms. The lowest BCUT2D eigenvalue weighted by atomic mass is 9.92. The number of thiophene rings is 1. The highest BCUT2D eigenvalue weighted by molar-refractivity contribution is 7.09. The number of fused-ring (bicyclic) bond motifs is 1. The Balaban J connectivity index is 1.20. The first kappa shape index (κ1) is 14.7. The quantitative estimate of drug-likeness (QED) is 0.906. The standard InChI is InChI=1S/C17H24N2O2S/c20-17(18-9-15-5-2-6-22-15)8-14-7-12-10-19(11-16(12)21-14)13-3-1-4-13/h2,5-6,12-14,16H,1,3-4,7-11H2,(H,18,20)/t12-,14-,16+/m0/s1. The van der Waals surface area contributed by atoms with Crippen molar-refractivity contribution in [2.24, 2.45) is 5.92 Å². The summed E-state index contributed by atoms with van der Waals surface area (Å²) in [4.78, 5) is 15.9. The molecule has 1 aromatic rings. The predicted molar refractivity (Wildman–Crippen MR) is 86.8 cm³/mol. The third-order valence-electron chi connectivity index (χ3n) is 5.39. The van der Waals surface area contributed by atoms with Crippen LogP contribution in [-0.2, 0) is 16.1 Å². The number of ether oxygens (including phenoxy) is 1. The number of rotatable bonds is 5. The number of carbonyl (C=O) groups excluding carboxylic acids is 1. The molecule has 0 unspecified atom stereocenters. The number of carbonyl (C=O) groups is 1. The minimum absolute atomic E-state index is 0.120. The van der Waals surface area contributed by atoms with Crippen LogP contribution in [-0.4, -0.2) is 42.1 Å². The van der Waals surface area contributed by atoms with Gasteiger partial charge in [0.25, 0.3) is 0 Å². The van der Waals surface area contributed by atoms with Crippen LogP contribution in [0.15, 0.2) is 17.5 Å². The molecule has 2 aliphatic heterocycles. The van der Waals surface area contributed by atoms with Gasteiger partial charge in [0.2, 0.25) is 5.91 Å². The van der Waals surface area contributed by atoms with Gasteiger partial charge in [-0.1, -0.05) is 12.5 Å². The summed E-state index contributed by atoms with van der Waals surface area (Å²) in [6.07, 6.45) is 6.20. The van der Waals surface area contributed by atoms with Crippen LogP contribution >= 0.6 is 11.3 Å².